The highest BCUT2D eigenvalue weighted by Crippen LogP contribution is 2.31. The average molecular weight is 183 g/mol. The molecule has 1 fully saturated rings. The zero-order valence-electron chi connectivity index (χ0n) is 9.31. The lowest BCUT2D eigenvalue weighted by atomic mass is 9.80. The van der Waals surface area contributed by atoms with Gasteiger partial charge >= 0.3 is 0 Å². The first-order valence-corrected chi connectivity index (χ1v) is 6.10. The van der Waals surface area contributed by atoms with Crippen LogP contribution < -0.4 is 5.32 Å². The van der Waals surface area contributed by atoms with E-state index >= 15 is 0 Å². The van der Waals surface area contributed by atoms with Crippen LogP contribution in [-0.4, -0.2) is 12.6 Å². The summed E-state index contributed by atoms with van der Waals surface area (Å²) < 4.78 is 0. The van der Waals surface area contributed by atoms with Crippen molar-refractivity contribution in [2.75, 3.05) is 6.54 Å². The van der Waals surface area contributed by atoms with E-state index in [1.807, 2.05) is 0 Å². The highest BCUT2D eigenvalue weighted by molar-refractivity contribution is 4.76. The summed E-state index contributed by atoms with van der Waals surface area (Å²) in [5.41, 5.74) is 0. The lowest BCUT2D eigenvalue weighted by molar-refractivity contribution is 0.253. The molecule has 1 nitrogen and oxygen atoms in total. The van der Waals surface area contributed by atoms with Gasteiger partial charge in [-0.05, 0) is 31.7 Å². The van der Waals surface area contributed by atoms with E-state index in [4.69, 9.17) is 0 Å². The third-order valence-corrected chi connectivity index (χ3v) is 3.16. The highest BCUT2D eigenvalue weighted by atomic mass is 14.9. The molecule has 0 aliphatic heterocycles. The monoisotopic (exact) mass is 183 g/mol. The molecule has 1 atom stereocenters. The Bertz CT molecular complexity index is 118. The topological polar surface area (TPSA) is 12.0 Å². The van der Waals surface area contributed by atoms with Crippen LogP contribution in [0, 0.1) is 5.92 Å². The molecule has 0 radical (unpaired) electrons. The van der Waals surface area contributed by atoms with Crippen LogP contribution in [0.1, 0.15) is 58.8 Å². The Morgan fingerprint density at radius 3 is 2.46 bits per heavy atom. The zero-order valence-corrected chi connectivity index (χ0v) is 9.31. The molecule has 0 aromatic carbocycles. The van der Waals surface area contributed by atoms with E-state index in [1.165, 1.54) is 51.5 Å². The van der Waals surface area contributed by atoms with Crippen molar-refractivity contribution in [2.45, 2.75) is 64.8 Å². The van der Waals surface area contributed by atoms with E-state index in [1.54, 1.807) is 0 Å². The molecular weight excluding hydrogens is 158 g/mol. The highest BCUT2D eigenvalue weighted by Gasteiger charge is 2.20. The third-order valence-electron chi connectivity index (χ3n) is 3.16. The first kappa shape index (κ1) is 11.0. The minimum atomic E-state index is 0.815. The fourth-order valence-electron chi connectivity index (χ4n) is 2.13. The van der Waals surface area contributed by atoms with Crippen molar-refractivity contribution in [3.8, 4) is 0 Å². The van der Waals surface area contributed by atoms with E-state index in [-0.39, 0.29) is 0 Å². The lowest BCUT2D eigenvalue weighted by Crippen LogP contribution is -2.33. The van der Waals surface area contributed by atoms with Gasteiger partial charge in [-0.1, -0.05) is 39.5 Å². The second-order valence-electron chi connectivity index (χ2n) is 4.47. The second kappa shape index (κ2) is 6.42. The summed E-state index contributed by atoms with van der Waals surface area (Å²) >= 11 is 0. The fourth-order valence-corrected chi connectivity index (χ4v) is 2.13. The van der Waals surface area contributed by atoms with Gasteiger partial charge in [-0.25, -0.2) is 0 Å². The van der Waals surface area contributed by atoms with Gasteiger partial charge in [-0.2, -0.15) is 0 Å². The summed E-state index contributed by atoms with van der Waals surface area (Å²) in [4.78, 5) is 0. The largest absolute Gasteiger partial charge is 0.314 e. The molecule has 1 aliphatic carbocycles. The Morgan fingerprint density at radius 2 is 2.00 bits per heavy atom. The van der Waals surface area contributed by atoms with Gasteiger partial charge in [0.1, 0.15) is 0 Å². The average Bonchev–Trinajstić information content (AvgIpc) is 2.07. The number of hydrogen-bond acceptors (Lipinski definition) is 1. The molecule has 1 unspecified atom stereocenters. The summed E-state index contributed by atoms with van der Waals surface area (Å²) in [5, 5.41) is 3.67. The third kappa shape index (κ3) is 4.12. The van der Waals surface area contributed by atoms with Crippen LogP contribution in [-0.2, 0) is 0 Å². The molecule has 78 valence electrons. The van der Waals surface area contributed by atoms with E-state index in [2.05, 4.69) is 19.2 Å². The standard InChI is InChI=1S/C12H25N/c1-3-6-12(13-9-4-2)10-11-7-5-8-11/h11-13H,3-10H2,1-2H3. The Morgan fingerprint density at radius 1 is 1.23 bits per heavy atom. The van der Waals surface area contributed by atoms with Crippen LogP contribution in [0.3, 0.4) is 0 Å². The fraction of sp³-hybridized carbons (Fsp3) is 1.00. The molecule has 1 saturated carbocycles. The molecule has 13 heavy (non-hydrogen) atoms. The van der Waals surface area contributed by atoms with Crippen molar-refractivity contribution in [2.24, 2.45) is 5.92 Å². The van der Waals surface area contributed by atoms with Crippen LogP contribution in [0.2, 0.25) is 0 Å². The molecule has 0 aromatic rings. The van der Waals surface area contributed by atoms with Gasteiger partial charge in [0, 0.05) is 6.04 Å². The molecule has 1 heteroatoms. The molecule has 1 aliphatic rings. The number of hydrogen-bond donors (Lipinski definition) is 1. The van der Waals surface area contributed by atoms with Gasteiger partial charge in [0.25, 0.3) is 0 Å². The molecule has 0 aromatic heterocycles. The van der Waals surface area contributed by atoms with Gasteiger partial charge in [-0.3, -0.25) is 0 Å². The van der Waals surface area contributed by atoms with Crippen molar-refractivity contribution < 1.29 is 0 Å². The van der Waals surface area contributed by atoms with Crippen LogP contribution in [0.5, 0.6) is 0 Å². The van der Waals surface area contributed by atoms with Crippen LogP contribution in [0.15, 0.2) is 0 Å². The van der Waals surface area contributed by atoms with Gasteiger partial charge in [0.15, 0.2) is 0 Å². The number of nitrogens with one attached hydrogen (secondary N) is 1. The van der Waals surface area contributed by atoms with E-state index in [0.717, 1.165) is 12.0 Å². The lowest BCUT2D eigenvalue weighted by Gasteiger charge is -2.30. The first-order valence-electron chi connectivity index (χ1n) is 6.10. The van der Waals surface area contributed by atoms with Crippen molar-refractivity contribution in [1.82, 2.24) is 5.32 Å². The summed E-state index contributed by atoms with van der Waals surface area (Å²) in [6, 6.07) is 0.815. The molecule has 0 amide bonds. The Balaban J connectivity index is 2.11. The summed E-state index contributed by atoms with van der Waals surface area (Å²) in [6.45, 7) is 5.75. The molecule has 0 spiro atoms. The maximum Gasteiger partial charge on any atom is 0.00695 e. The zero-order chi connectivity index (χ0) is 9.52. The smallest absolute Gasteiger partial charge is 0.00695 e. The van der Waals surface area contributed by atoms with Crippen molar-refractivity contribution in [1.29, 1.82) is 0 Å². The molecule has 0 saturated heterocycles. The normalized spacial score (nSPS) is 19.8. The van der Waals surface area contributed by atoms with Crippen LogP contribution >= 0.6 is 0 Å². The molecular formula is C12H25N. The number of rotatable bonds is 7. The van der Waals surface area contributed by atoms with Crippen molar-refractivity contribution >= 4 is 0 Å². The Kier molecular flexibility index (Phi) is 5.45. The summed E-state index contributed by atoms with van der Waals surface area (Å²) in [7, 11) is 0. The molecule has 0 bridgehead atoms. The summed E-state index contributed by atoms with van der Waals surface area (Å²) in [6.07, 6.45) is 9.88. The Hall–Kier alpha value is -0.0400. The Labute approximate surface area is 83.3 Å². The first-order chi connectivity index (χ1) is 6.36. The molecule has 1 rings (SSSR count). The predicted octanol–water partition coefficient (Wildman–Crippen LogP) is 3.34. The maximum absolute atomic E-state index is 3.67. The minimum Gasteiger partial charge on any atom is -0.314 e. The molecule has 1 N–H and O–H groups in total. The van der Waals surface area contributed by atoms with Gasteiger partial charge < -0.3 is 5.32 Å². The van der Waals surface area contributed by atoms with E-state index in [9.17, 15) is 0 Å². The molecule has 0 heterocycles. The van der Waals surface area contributed by atoms with Gasteiger partial charge in [0.2, 0.25) is 0 Å². The SMILES string of the molecule is CCCNC(CCC)CC1CCC1. The predicted molar refractivity (Wildman–Crippen MR) is 58.9 cm³/mol. The van der Waals surface area contributed by atoms with Crippen molar-refractivity contribution in [3.05, 3.63) is 0 Å². The van der Waals surface area contributed by atoms with E-state index in [0.29, 0.717) is 0 Å². The van der Waals surface area contributed by atoms with Crippen molar-refractivity contribution in [3.63, 3.8) is 0 Å². The van der Waals surface area contributed by atoms with Gasteiger partial charge in [-0.15, -0.1) is 0 Å². The summed E-state index contributed by atoms with van der Waals surface area (Å²) in [5.74, 6) is 1.06. The second-order valence-corrected chi connectivity index (χ2v) is 4.47. The maximum atomic E-state index is 3.67. The minimum absolute atomic E-state index is 0.815. The van der Waals surface area contributed by atoms with Crippen LogP contribution in [0.25, 0.3) is 0 Å². The quantitative estimate of drug-likeness (QED) is 0.638. The van der Waals surface area contributed by atoms with Crippen LogP contribution in [0.4, 0.5) is 0 Å². The van der Waals surface area contributed by atoms with Gasteiger partial charge in [0.05, 0.1) is 0 Å². The van der Waals surface area contributed by atoms with E-state index < -0.39 is 0 Å².